The fraction of sp³-hybridized carbons (Fsp3) is 0.556. The van der Waals surface area contributed by atoms with E-state index < -0.39 is 0 Å². The second kappa shape index (κ2) is 8.80. The average Bonchev–Trinajstić information content (AvgIpc) is 2.60. The molecule has 6 heteroatoms. The third-order valence-corrected chi connectivity index (χ3v) is 4.50. The average molecular weight is 333 g/mol. The molecule has 1 aromatic carbocycles. The fourth-order valence-corrected chi connectivity index (χ4v) is 2.77. The Hall–Kier alpha value is -1.92. The summed E-state index contributed by atoms with van der Waals surface area (Å²) in [6, 6.07) is 7.02. The Kier molecular flexibility index (Phi) is 6.75. The molecule has 1 aliphatic rings. The zero-order chi connectivity index (χ0) is 17.5. The van der Waals surface area contributed by atoms with Crippen LogP contribution in [0.15, 0.2) is 24.3 Å². The number of carbonyl (C=O) groups is 2. The van der Waals surface area contributed by atoms with Crippen molar-refractivity contribution in [2.45, 2.75) is 32.3 Å². The molecular weight excluding hydrogens is 306 g/mol. The van der Waals surface area contributed by atoms with Crippen LogP contribution < -0.4 is 11.1 Å². The van der Waals surface area contributed by atoms with Crippen LogP contribution in [0.2, 0.25) is 0 Å². The van der Waals surface area contributed by atoms with Crippen molar-refractivity contribution in [1.82, 2.24) is 4.90 Å². The zero-order valence-corrected chi connectivity index (χ0v) is 14.5. The molecule has 3 N–H and O–H groups in total. The molecule has 1 atom stereocenters. The third-order valence-electron chi connectivity index (χ3n) is 4.50. The van der Waals surface area contributed by atoms with E-state index in [2.05, 4.69) is 12.2 Å². The van der Waals surface area contributed by atoms with Crippen LogP contribution in [-0.4, -0.2) is 49.6 Å². The van der Waals surface area contributed by atoms with Crippen molar-refractivity contribution in [2.75, 3.05) is 32.1 Å². The second-order valence-electron chi connectivity index (χ2n) is 6.40. The minimum Gasteiger partial charge on any atom is -0.380 e. The smallest absolute Gasteiger partial charge is 0.253 e. The number of hydrogen-bond acceptors (Lipinski definition) is 4. The number of nitrogens with one attached hydrogen (secondary N) is 1. The van der Waals surface area contributed by atoms with E-state index in [9.17, 15) is 9.59 Å². The number of rotatable bonds is 6. The summed E-state index contributed by atoms with van der Waals surface area (Å²) in [6.45, 7) is 4.15. The normalized spacial score (nSPS) is 16.7. The molecule has 24 heavy (non-hydrogen) atoms. The minimum absolute atomic E-state index is 0.0577. The van der Waals surface area contributed by atoms with Gasteiger partial charge in [-0.3, -0.25) is 9.59 Å². The summed E-state index contributed by atoms with van der Waals surface area (Å²) < 4.78 is 5.10. The Labute approximate surface area is 143 Å². The van der Waals surface area contributed by atoms with Gasteiger partial charge in [0, 0.05) is 38.0 Å². The summed E-state index contributed by atoms with van der Waals surface area (Å²) in [5.74, 6) is 0.592. The molecule has 1 aromatic rings. The number of benzene rings is 1. The summed E-state index contributed by atoms with van der Waals surface area (Å²) in [6.07, 6.45) is 2.04. The Morgan fingerprint density at radius 3 is 2.46 bits per heavy atom. The van der Waals surface area contributed by atoms with Crippen molar-refractivity contribution >= 4 is 17.5 Å². The molecule has 2 rings (SSSR count). The summed E-state index contributed by atoms with van der Waals surface area (Å²) in [4.78, 5) is 26.3. The summed E-state index contributed by atoms with van der Waals surface area (Å²) >= 11 is 0. The van der Waals surface area contributed by atoms with Crippen LogP contribution >= 0.6 is 0 Å². The van der Waals surface area contributed by atoms with Crippen LogP contribution in [0.3, 0.4) is 0 Å². The quantitative estimate of drug-likeness (QED) is 0.832. The van der Waals surface area contributed by atoms with Gasteiger partial charge in [-0.15, -0.1) is 0 Å². The van der Waals surface area contributed by atoms with Gasteiger partial charge in [0.1, 0.15) is 0 Å². The van der Waals surface area contributed by atoms with Gasteiger partial charge in [0.15, 0.2) is 0 Å². The maximum Gasteiger partial charge on any atom is 0.253 e. The van der Waals surface area contributed by atoms with Crippen LogP contribution in [0.25, 0.3) is 0 Å². The van der Waals surface area contributed by atoms with E-state index in [-0.39, 0.29) is 24.3 Å². The lowest BCUT2D eigenvalue weighted by Crippen LogP contribution is -2.37. The molecule has 2 amide bonds. The molecule has 0 bridgehead atoms. The van der Waals surface area contributed by atoms with Crippen LogP contribution in [0, 0.1) is 5.92 Å². The third kappa shape index (κ3) is 5.04. The van der Waals surface area contributed by atoms with Gasteiger partial charge in [0.25, 0.3) is 5.91 Å². The first-order chi connectivity index (χ1) is 11.5. The number of anilines is 1. The molecule has 1 unspecified atom stereocenters. The first kappa shape index (κ1) is 18.4. The minimum atomic E-state index is -0.285. The molecule has 0 radical (unpaired) electrons. The van der Waals surface area contributed by atoms with Gasteiger partial charge >= 0.3 is 0 Å². The van der Waals surface area contributed by atoms with Crippen molar-refractivity contribution < 1.29 is 14.3 Å². The Morgan fingerprint density at radius 1 is 1.29 bits per heavy atom. The predicted octanol–water partition coefficient (Wildman–Crippen LogP) is 1.86. The molecule has 1 heterocycles. The standard InChI is InChI=1S/C18H27N3O3/c1-13-7-9-21(10-8-13)18(23)14-3-5-15(6-4-14)20-17(22)11-16(12-19)24-2/h3-6,13,16H,7-12,19H2,1-2H3,(H,20,22). The summed E-state index contributed by atoms with van der Waals surface area (Å²) in [5, 5.41) is 2.79. The van der Waals surface area contributed by atoms with Crippen molar-refractivity contribution in [3.63, 3.8) is 0 Å². The molecule has 132 valence electrons. The van der Waals surface area contributed by atoms with E-state index in [0.29, 0.717) is 23.7 Å². The lowest BCUT2D eigenvalue weighted by atomic mass is 9.98. The highest BCUT2D eigenvalue weighted by Gasteiger charge is 2.21. The monoisotopic (exact) mass is 333 g/mol. The van der Waals surface area contributed by atoms with Crippen LogP contribution in [0.4, 0.5) is 5.69 Å². The highest BCUT2D eigenvalue weighted by atomic mass is 16.5. The Balaban J connectivity index is 1.90. The Morgan fingerprint density at radius 2 is 1.92 bits per heavy atom. The summed E-state index contributed by atoms with van der Waals surface area (Å²) in [5.41, 5.74) is 6.83. The molecule has 0 aliphatic carbocycles. The number of carbonyl (C=O) groups excluding carboxylic acids is 2. The van der Waals surface area contributed by atoms with Gasteiger partial charge in [-0.2, -0.15) is 0 Å². The number of nitrogens with two attached hydrogens (primary N) is 1. The first-order valence-electron chi connectivity index (χ1n) is 8.45. The summed E-state index contributed by atoms with van der Waals surface area (Å²) in [7, 11) is 1.53. The Bertz CT molecular complexity index is 547. The molecule has 0 saturated carbocycles. The van der Waals surface area contributed by atoms with E-state index >= 15 is 0 Å². The lowest BCUT2D eigenvalue weighted by Gasteiger charge is -2.30. The number of likely N-dealkylation sites (tertiary alicyclic amines) is 1. The van der Waals surface area contributed by atoms with E-state index in [1.54, 1.807) is 24.3 Å². The van der Waals surface area contributed by atoms with Gasteiger partial charge in [0.2, 0.25) is 5.91 Å². The number of ether oxygens (including phenoxy) is 1. The maximum atomic E-state index is 12.5. The second-order valence-corrected chi connectivity index (χ2v) is 6.40. The molecule has 0 spiro atoms. The van der Waals surface area contributed by atoms with Gasteiger partial charge in [-0.05, 0) is 43.0 Å². The van der Waals surface area contributed by atoms with Gasteiger partial charge in [-0.1, -0.05) is 6.92 Å². The van der Waals surface area contributed by atoms with Gasteiger partial charge in [-0.25, -0.2) is 0 Å². The molecule has 6 nitrogen and oxygen atoms in total. The highest BCUT2D eigenvalue weighted by Crippen LogP contribution is 2.19. The van der Waals surface area contributed by atoms with E-state index in [1.807, 2.05) is 4.90 Å². The van der Waals surface area contributed by atoms with Crippen molar-refractivity contribution in [3.05, 3.63) is 29.8 Å². The first-order valence-corrected chi connectivity index (χ1v) is 8.45. The molecule has 1 fully saturated rings. The van der Waals surface area contributed by atoms with Crippen LogP contribution in [0.1, 0.15) is 36.5 Å². The largest absolute Gasteiger partial charge is 0.380 e. The number of methoxy groups -OCH3 is 1. The van der Waals surface area contributed by atoms with Crippen LogP contribution in [0.5, 0.6) is 0 Å². The number of hydrogen-bond donors (Lipinski definition) is 2. The van der Waals surface area contributed by atoms with Crippen molar-refractivity contribution in [3.8, 4) is 0 Å². The van der Waals surface area contributed by atoms with Crippen LogP contribution in [-0.2, 0) is 9.53 Å². The predicted molar refractivity (Wildman–Crippen MR) is 93.8 cm³/mol. The highest BCUT2D eigenvalue weighted by molar-refractivity contribution is 5.96. The maximum absolute atomic E-state index is 12.5. The van der Waals surface area contributed by atoms with Crippen molar-refractivity contribution in [1.29, 1.82) is 0 Å². The number of amides is 2. The molecule has 1 aliphatic heterocycles. The lowest BCUT2D eigenvalue weighted by molar-refractivity contribution is -0.118. The van der Waals surface area contributed by atoms with E-state index in [4.69, 9.17) is 10.5 Å². The van der Waals surface area contributed by atoms with Crippen molar-refractivity contribution in [2.24, 2.45) is 11.7 Å². The zero-order valence-electron chi connectivity index (χ0n) is 14.5. The topological polar surface area (TPSA) is 84.7 Å². The van der Waals surface area contributed by atoms with E-state index in [0.717, 1.165) is 25.9 Å². The molecule has 0 aromatic heterocycles. The molecule has 1 saturated heterocycles. The van der Waals surface area contributed by atoms with E-state index in [1.165, 1.54) is 7.11 Å². The molecular formula is C18H27N3O3. The SMILES string of the molecule is COC(CN)CC(=O)Nc1ccc(C(=O)N2CCC(C)CC2)cc1. The number of piperidine rings is 1. The van der Waals surface area contributed by atoms with Gasteiger partial charge in [0.05, 0.1) is 12.5 Å². The fourth-order valence-electron chi connectivity index (χ4n) is 2.77. The van der Waals surface area contributed by atoms with Gasteiger partial charge < -0.3 is 20.7 Å². The number of nitrogens with zero attached hydrogens (tertiary/aromatic N) is 1.